The van der Waals surface area contributed by atoms with E-state index in [0.29, 0.717) is 28.9 Å². The predicted molar refractivity (Wildman–Crippen MR) is 152 cm³/mol. The zero-order valence-electron chi connectivity index (χ0n) is 22.7. The molecular formula is C28H33N7O4S. The summed E-state index contributed by atoms with van der Waals surface area (Å²) in [5, 5.41) is 10.9. The lowest BCUT2D eigenvalue weighted by atomic mass is 10.2. The van der Waals surface area contributed by atoms with Crippen LogP contribution in [0.15, 0.2) is 51.1 Å². The summed E-state index contributed by atoms with van der Waals surface area (Å²) in [6.07, 6.45) is 2.20. The second-order valence-electron chi connectivity index (χ2n) is 10.5. The highest BCUT2D eigenvalue weighted by atomic mass is 32.2. The zero-order chi connectivity index (χ0) is 27.8. The third-order valence-corrected chi connectivity index (χ3v) is 9.16. The molecule has 2 aromatic heterocycles. The van der Waals surface area contributed by atoms with Gasteiger partial charge in [0.25, 0.3) is 5.56 Å². The van der Waals surface area contributed by atoms with Crippen LogP contribution in [0.2, 0.25) is 0 Å². The number of piperazine rings is 1. The zero-order valence-corrected chi connectivity index (χ0v) is 23.5. The minimum atomic E-state index is -1.60. The third-order valence-electron chi connectivity index (χ3n) is 7.68. The van der Waals surface area contributed by atoms with Gasteiger partial charge in [0, 0.05) is 49.9 Å². The summed E-state index contributed by atoms with van der Waals surface area (Å²) in [5.74, 6) is 0.0252. The minimum absolute atomic E-state index is 0.0252. The van der Waals surface area contributed by atoms with E-state index in [9.17, 15) is 13.8 Å². The summed E-state index contributed by atoms with van der Waals surface area (Å²) >= 11 is 0. The van der Waals surface area contributed by atoms with Gasteiger partial charge in [-0.25, -0.2) is 13.9 Å². The van der Waals surface area contributed by atoms with Gasteiger partial charge < -0.3 is 15.0 Å². The monoisotopic (exact) mass is 563 g/mol. The van der Waals surface area contributed by atoms with Gasteiger partial charge in [-0.2, -0.15) is 4.98 Å². The molecule has 1 amide bonds. The summed E-state index contributed by atoms with van der Waals surface area (Å²) in [7, 11) is -1.60. The number of nitrogens with one attached hydrogen (secondary N) is 2. The molecule has 12 heteroatoms. The lowest BCUT2D eigenvalue weighted by Gasteiger charge is -2.35. The number of aromatic amines is 1. The molecule has 2 N–H and O–H groups in total. The number of aromatic nitrogens is 4. The number of carbonyl (C=O) groups is 1. The van der Waals surface area contributed by atoms with Crippen LogP contribution in [-0.2, 0) is 20.3 Å². The van der Waals surface area contributed by atoms with E-state index >= 15 is 0 Å². The van der Waals surface area contributed by atoms with Crippen molar-refractivity contribution < 1.29 is 13.7 Å². The molecule has 2 saturated heterocycles. The van der Waals surface area contributed by atoms with Gasteiger partial charge in [0.1, 0.15) is 10.8 Å². The number of benzene rings is 2. The predicted octanol–water partition coefficient (Wildman–Crippen LogP) is 1.77. The van der Waals surface area contributed by atoms with Gasteiger partial charge in [-0.15, -0.1) is 5.10 Å². The lowest BCUT2D eigenvalue weighted by molar-refractivity contribution is -0.122. The highest BCUT2D eigenvalue weighted by molar-refractivity contribution is 7.85. The molecule has 2 unspecified atom stereocenters. The SMILES string of the molecule is Cc1ccc(S(=O)c2n[nH]n3c2nc(=O)c2ccc(N4CCN(CC(=O)NCC5CCCO5)CC4)cc23)c(C)c1. The molecule has 0 bridgehead atoms. The van der Waals surface area contributed by atoms with Gasteiger partial charge in [-0.05, 0) is 56.5 Å². The molecular weight excluding hydrogens is 530 g/mol. The molecule has 0 saturated carbocycles. The molecule has 4 aromatic rings. The number of H-pyrrole nitrogens is 1. The Morgan fingerprint density at radius 3 is 2.73 bits per heavy atom. The van der Waals surface area contributed by atoms with Crippen LogP contribution >= 0.6 is 0 Å². The first-order valence-electron chi connectivity index (χ1n) is 13.6. The molecule has 40 heavy (non-hydrogen) atoms. The second-order valence-corrected chi connectivity index (χ2v) is 11.9. The molecule has 6 rings (SSSR count). The van der Waals surface area contributed by atoms with E-state index in [1.54, 1.807) is 10.6 Å². The lowest BCUT2D eigenvalue weighted by Crippen LogP contribution is -2.50. The van der Waals surface area contributed by atoms with Gasteiger partial charge in [-0.3, -0.25) is 14.5 Å². The Kier molecular flexibility index (Phi) is 7.39. The van der Waals surface area contributed by atoms with Crippen LogP contribution in [0.5, 0.6) is 0 Å². The number of hydrogen-bond donors (Lipinski definition) is 2. The Morgan fingerprint density at radius 2 is 1.98 bits per heavy atom. The van der Waals surface area contributed by atoms with Crippen molar-refractivity contribution in [3.05, 3.63) is 57.9 Å². The van der Waals surface area contributed by atoms with E-state index in [2.05, 4.69) is 30.4 Å². The van der Waals surface area contributed by atoms with Crippen molar-refractivity contribution in [1.82, 2.24) is 30.0 Å². The Bertz CT molecular complexity index is 1650. The summed E-state index contributed by atoms with van der Waals surface area (Å²) in [6, 6.07) is 11.4. The number of aryl methyl sites for hydroxylation is 2. The molecule has 11 nitrogen and oxygen atoms in total. The molecule has 2 aromatic carbocycles. The van der Waals surface area contributed by atoms with Crippen LogP contribution < -0.4 is 15.8 Å². The summed E-state index contributed by atoms with van der Waals surface area (Å²) < 4.78 is 20.7. The number of amides is 1. The van der Waals surface area contributed by atoms with Crippen LogP contribution in [0.4, 0.5) is 5.69 Å². The summed E-state index contributed by atoms with van der Waals surface area (Å²) in [4.78, 5) is 34.6. The van der Waals surface area contributed by atoms with Crippen LogP contribution in [0.3, 0.4) is 0 Å². The van der Waals surface area contributed by atoms with Crippen molar-refractivity contribution in [3.63, 3.8) is 0 Å². The minimum Gasteiger partial charge on any atom is -0.376 e. The van der Waals surface area contributed by atoms with E-state index in [1.165, 1.54) is 0 Å². The second kappa shape index (κ2) is 11.1. The number of carbonyl (C=O) groups excluding carboxylic acids is 1. The van der Waals surface area contributed by atoms with Crippen molar-refractivity contribution in [2.24, 2.45) is 0 Å². The molecule has 2 fully saturated rings. The van der Waals surface area contributed by atoms with Crippen molar-refractivity contribution in [2.45, 2.75) is 42.7 Å². The highest BCUT2D eigenvalue weighted by Crippen LogP contribution is 2.25. The fourth-order valence-electron chi connectivity index (χ4n) is 5.49. The largest absolute Gasteiger partial charge is 0.376 e. The molecule has 0 spiro atoms. The fraction of sp³-hybridized carbons (Fsp3) is 0.429. The van der Waals surface area contributed by atoms with Gasteiger partial charge in [0.2, 0.25) is 5.91 Å². The average molecular weight is 564 g/mol. The van der Waals surface area contributed by atoms with Crippen LogP contribution in [0.25, 0.3) is 16.6 Å². The number of rotatable bonds is 7. The Labute approximate surface area is 233 Å². The van der Waals surface area contributed by atoms with Gasteiger partial charge >= 0.3 is 0 Å². The first-order chi connectivity index (χ1) is 19.4. The quantitative estimate of drug-likeness (QED) is 0.349. The number of anilines is 1. The first-order valence-corrected chi connectivity index (χ1v) is 14.8. The van der Waals surface area contributed by atoms with E-state index in [1.807, 2.05) is 44.2 Å². The van der Waals surface area contributed by atoms with Gasteiger partial charge in [0.05, 0.1) is 23.6 Å². The maximum absolute atomic E-state index is 13.5. The molecule has 210 valence electrons. The Hall–Kier alpha value is -3.61. The topological polar surface area (TPSA) is 125 Å². The standard InChI is InChI=1S/C28H33N7O4S/c1-18-5-8-24(19(2)14-18)40(38)28-26-30-27(37)22-7-6-20(15-23(22)35(26)32-31-28)34-11-9-33(10-12-34)17-25(36)29-16-21-4-3-13-39-21/h5-8,14-15,21,32H,3-4,9-13,16-17H2,1-2H3,(H,29,36). The maximum Gasteiger partial charge on any atom is 0.281 e. The van der Waals surface area contributed by atoms with Gasteiger partial charge in [0.15, 0.2) is 10.7 Å². The van der Waals surface area contributed by atoms with E-state index in [4.69, 9.17) is 4.74 Å². The Morgan fingerprint density at radius 1 is 1.15 bits per heavy atom. The van der Waals surface area contributed by atoms with Crippen molar-refractivity contribution in [2.75, 3.05) is 50.8 Å². The highest BCUT2D eigenvalue weighted by Gasteiger charge is 2.23. The normalized spacial score (nSPS) is 18.9. The van der Waals surface area contributed by atoms with E-state index in [0.717, 1.165) is 62.4 Å². The summed E-state index contributed by atoms with van der Waals surface area (Å²) in [5.41, 5.74) is 3.43. The van der Waals surface area contributed by atoms with Crippen LogP contribution in [0, 0.1) is 13.8 Å². The number of ether oxygens (including phenoxy) is 1. The molecule has 0 aliphatic carbocycles. The Balaban J connectivity index is 1.19. The van der Waals surface area contributed by atoms with E-state index in [-0.39, 0.29) is 28.2 Å². The van der Waals surface area contributed by atoms with E-state index < -0.39 is 10.8 Å². The number of hydrogen-bond acceptors (Lipinski definition) is 8. The van der Waals surface area contributed by atoms with Gasteiger partial charge in [-0.1, -0.05) is 17.7 Å². The molecule has 2 aliphatic heterocycles. The third kappa shape index (κ3) is 5.26. The first kappa shape index (κ1) is 26.6. The summed E-state index contributed by atoms with van der Waals surface area (Å²) in [6.45, 7) is 8.62. The van der Waals surface area contributed by atoms with Crippen LogP contribution in [0.1, 0.15) is 24.0 Å². The van der Waals surface area contributed by atoms with Crippen molar-refractivity contribution in [1.29, 1.82) is 0 Å². The number of nitrogens with zero attached hydrogens (tertiary/aromatic N) is 5. The molecule has 0 radical (unpaired) electrons. The average Bonchev–Trinajstić information content (AvgIpc) is 3.62. The smallest absolute Gasteiger partial charge is 0.281 e. The molecule has 2 aliphatic rings. The number of fused-ring (bicyclic) bond motifs is 3. The van der Waals surface area contributed by atoms with Crippen LogP contribution in [-0.4, -0.2) is 86.8 Å². The van der Waals surface area contributed by atoms with Crippen molar-refractivity contribution in [3.8, 4) is 0 Å². The van der Waals surface area contributed by atoms with Crippen molar-refractivity contribution >= 4 is 38.9 Å². The molecule has 2 atom stereocenters. The fourth-order valence-corrected chi connectivity index (χ4v) is 6.66. The maximum atomic E-state index is 13.5. The molecule has 4 heterocycles.